The molecule has 0 saturated heterocycles. The molecule has 0 nitrogen and oxygen atoms in total. The van der Waals surface area contributed by atoms with Gasteiger partial charge in [-0.25, -0.2) is 0 Å². The zero-order valence-corrected chi connectivity index (χ0v) is 9.78. The van der Waals surface area contributed by atoms with Crippen molar-refractivity contribution < 1.29 is 0 Å². The van der Waals surface area contributed by atoms with Gasteiger partial charge < -0.3 is 0 Å². The Kier molecular flexibility index (Phi) is 0.307. The van der Waals surface area contributed by atoms with Crippen LogP contribution in [0, 0.1) is 16.7 Å². The summed E-state index contributed by atoms with van der Waals surface area (Å²) in [7, 11) is 0. The predicted molar refractivity (Wildman–Crippen MR) is 62.4 cm³/mol. The largest absolute Gasteiger partial charge is 0.0484 e. The van der Waals surface area contributed by atoms with Gasteiger partial charge >= 0.3 is 0 Å². The van der Waals surface area contributed by atoms with Crippen LogP contribution < -0.4 is 0 Å². The average Bonchev–Trinajstić information content (AvgIpc) is 3.02. The fourth-order valence-corrected chi connectivity index (χ4v) is 11.5. The van der Waals surface area contributed by atoms with Crippen molar-refractivity contribution in [1.82, 2.24) is 0 Å². The summed E-state index contributed by atoms with van der Waals surface area (Å²) < 4.78 is 0. The van der Waals surface area contributed by atoms with E-state index in [2.05, 4.69) is 5.57 Å². The van der Waals surface area contributed by atoms with E-state index in [1.54, 1.807) is 19.3 Å². The van der Waals surface area contributed by atoms with E-state index in [0.29, 0.717) is 0 Å². The molecule has 0 radical (unpaired) electrons. The van der Waals surface area contributed by atoms with Gasteiger partial charge in [-0.05, 0) is 75.1 Å². The van der Waals surface area contributed by atoms with Crippen molar-refractivity contribution >= 4 is 5.57 Å². The minimum absolute atomic E-state index is 0.724. The summed E-state index contributed by atoms with van der Waals surface area (Å²) in [4.78, 5) is 0. The fraction of sp³-hybridized carbons (Fsp3) is 0.556. The Morgan fingerprint density at radius 2 is 1.94 bits per heavy atom. The van der Waals surface area contributed by atoms with Crippen LogP contribution in [0.3, 0.4) is 0 Å². The normalized spacial score (nSPS) is 79.3. The monoisotopic (exact) mass is 224 g/mol. The molecule has 0 heteroatoms. The molecule has 0 amide bonds. The minimum atomic E-state index is 0.724. The molecule has 3 fully saturated rings. The summed E-state index contributed by atoms with van der Waals surface area (Å²) in [5, 5.41) is 0. The summed E-state index contributed by atoms with van der Waals surface area (Å²) >= 11 is 0. The van der Waals surface area contributed by atoms with Crippen LogP contribution in [0.4, 0.5) is 0 Å². The Bertz CT molecular complexity index is 1040. The average molecular weight is 224 g/mol. The third kappa shape index (κ3) is 0.165. The van der Waals surface area contributed by atoms with Crippen molar-refractivity contribution in [3.63, 3.8) is 0 Å². The minimum Gasteiger partial charge on any atom is -0.0484 e. The molecule has 1 aromatic rings. The van der Waals surface area contributed by atoms with Crippen LogP contribution in [0.2, 0.25) is 0 Å². The van der Waals surface area contributed by atoms with Crippen LogP contribution in [0.5, 0.6) is 0 Å². The lowest BCUT2D eigenvalue weighted by Crippen LogP contribution is -2.74. The summed E-state index contributed by atoms with van der Waals surface area (Å²) in [6, 6.07) is 0. The highest BCUT2D eigenvalue weighted by atomic mass is 15.1. The standard InChI is InChI=1S/C18H8/c1-4-16-3-14-2-15(1)17(4)8-6-5(7(14)11(16)12(8)16)10-13(9(6)17)18(10,14)15/h4,10H,1-3H2. The van der Waals surface area contributed by atoms with Crippen LogP contribution in [0.1, 0.15) is 58.6 Å². The van der Waals surface area contributed by atoms with Crippen molar-refractivity contribution in [2.45, 2.75) is 41.4 Å². The van der Waals surface area contributed by atoms with Gasteiger partial charge in [-0.15, -0.1) is 0 Å². The molecule has 0 aliphatic heterocycles. The first-order chi connectivity index (χ1) is 8.86. The van der Waals surface area contributed by atoms with Crippen molar-refractivity contribution in [2.24, 2.45) is 16.7 Å². The van der Waals surface area contributed by atoms with Gasteiger partial charge in [0.25, 0.3) is 0 Å². The Balaban J connectivity index is 1.81. The maximum atomic E-state index is 2.06. The highest BCUT2D eigenvalue weighted by molar-refractivity contribution is 6.18. The van der Waals surface area contributed by atoms with E-state index in [-0.39, 0.29) is 0 Å². The second kappa shape index (κ2) is 0.930. The first-order valence-electron chi connectivity index (χ1n) is 7.87. The molecule has 11 rings (SSSR count). The third-order valence-electron chi connectivity index (χ3n) is 10.6. The summed E-state index contributed by atoms with van der Waals surface area (Å²) in [6.07, 6.45) is 4.89. The Morgan fingerprint density at radius 3 is 2.94 bits per heavy atom. The second-order valence-corrected chi connectivity index (χ2v) is 9.37. The van der Waals surface area contributed by atoms with E-state index < -0.39 is 0 Å². The summed E-state index contributed by atoms with van der Waals surface area (Å²) in [6.45, 7) is 0. The van der Waals surface area contributed by atoms with Crippen LogP contribution in [0.15, 0.2) is 5.57 Å². The lowest BCUT2D eigenvalue weighted by atomic mass is 9.25. The number of benzene rings is 1. The molecule has 7 unspecified atom stereocenters. The lowest BCUT2D eigenvalue weighted by molar-refractivity contribution is -0.184. The molecule has 18 heavy (non-hydrogen) atoms. The topological polar surface area (TPSA) is 0 Å². The third-order valence-corrected chi connectivity index (χ3v) is 10.6. The second-order valence-electron chi connectivity index (χ2n) is 9.37. The number of rotatable bonds is 0. The van der Waals surface area contributed by atoms with Gasteiger partial charge in [0, 0.05) is 27.6 Å². The molecule has 7 atom stereocenters. The van der Waals surface area contributed by atoms with Gasteiger partial charge in [-0.2, -0.15) is 0 Å². The van der Waals surface area contributed by atoms with E-state index in [0.717, 1.165) is 38.9 Å². The Hall–Kier alpha value is -1.04. The SMILES string of the molecule is C1C23c4c2c2c5c6c4C14CC17CC3C21C5=C1C6C147. The smallest absolute Gasteiger partial charge is 0.0324 e. The molecule has 1 aromatic carbocycles. The molecule has 5 spiro atoms. The zero-order chi connectivity index (χ0) is 10.4. The van der Waals surface area contributed by atoms with Crippen LogP contribution >= 0.6 is 0 Å². The highest BCUT2D eigenvalue weighted by Crippen LogP contribution is 3.18. The van der Waals surface area contributed by atoms with Gasteiger partial charge in [-0.1, -0.05) is 0 Å². The van der Waals surface area contributed by atoms with Gasteiger partial charge in [0.2, 0.25) is 0 Å². The lowest BCUT2D eigenvalue weighted by Gasteiger charge is -2.76. The van der Waals surface area contributed by atoms with Crippen molar-refractivity contribution in [2.75, 3.05) is 0 Å². The fourth-order valence-electron chi connectivity index (χ4n) is 11.5. The first-order valence-corrected chi connectivity index (χ1v) is 7.87. The molecule has 10 aliphatic carbocycles. The number of allylic oxidation sites excluding steroid dienone is 2. The first kappa shape index (κ1) is 5.94. The van der Waals surface area contributed by atoms with E-state index in [9.17, 15) is 0 Å². The summed E-state index contributed by atoms with van der Waals surface area (Å²) in [5.41, 5.74) is 19.7. The van der Waals surface area contributed by atoms with Crippen LogP contribution in [0.25, 0.3) is 5.57 Å². The predicted octanol–water partition coefficient (Wildman–Crippen LogP) is 2.48. The van der Waals surface area contributed by atoms with Gasteiger partial charge in [0.05, 0.1) is 0 Å². The van der Waals surface area contributed by atoms with Crippen molar-refractivity contribution in [1.29, 1.82) is 0 Å². The van der Waals surface area contributed by atoms with Crippen molar-refractivity contribution in [3.8, 4) is 0 Å². The summed E-state index contributed by atoms with van der Waals surface area (Å²) in [5.74, 6) is 2.12. The molecular weight excluding hydrogens is 216 g/mol. The Morgan fingerprint density at radius 1 is 1.00 bits per heavy atom. The highest BCUT2D eigenvalue weighted by Gasteiger charge is 3.12. The van der Waals surface area contributed by atoms with Crippen molar-refractivity contribution in [3.05, 3.63) is 39.0 Å². The molecule has 10 aliphatic rings. The van der Waals surface area contributed by atoms with E-state index >= 15 is 0 Å². The van der Waals surface area contributed by atoms with E-state index in [1.165, 1.54) is 0 Å². The quantitative estimate of drug-likeness (QED) is 0.635. The molecule has 0 bridgehead atoms. The molecule has 0 heterocycles. The molecule has 80 valence electrons. The molecule has 0 N–H and O–H groups in total. The van der Waals surface area contributed by atoms with Gasteiger partial charge in [0.1, 0.15) is 0 Å². The number of hydrogen-bond acceptors (Lipinski definition) is 0. The molecule has 3 saturated carbocycles. The maximum absolute atomic E-state index is 2.06. The van der Waals surface area contributed by atoms with Gasteiger partial charge in [-0.3, -0.25) is 0 Å². The van der Waals surface area contributed by atoms with Crippen LogP contribution in [-0.4, -0.2) is 0 Å². The van der Waals surface area contributed by atoms with E-state index in [4.69, 9.17) is 0 Å². The molecular formula is C18H8. The number of hydrogen-bond donors (Lipinski definition) is 0. The van der Waals surface area contributed by atoms with Crippen LogP contribution in [-0.2, 0) is 16.2 Å². The van der Waals surface area contributed by atoms with E-state index in [1.807, 2.05) is 39.0 Å². The van der Waals surface area contributed by atoms with Gasteiger partial charge in [0.15, 0.2) is 0 Å². The maximum Gasteiger partial charge on any atom is 0.0324 e. The zero-order valence-electron chi connectivity index (χ0n) is 9.78. The molecule has 0 aromatic heterocycles. The Labute approximate surface area is 103 Å².